The summed E-state index contributed by atoms with van der Waals surface area (Å²) in [5, 5.41) is 6.79. The van der Waals surface area contributed by atoms with Crippen molar-refractivity contribution in [2.75, 3.05) is 5.32 Å². The molecule has 9 heteroatoms. The van der Waals surface area contributed by atoms with Crippen LogP contribution in [0.4, 0.5) is 13.9 Å². The van der Waals surface area contributed by atoms with E-state index in [1.54, 1.807) is 6.92 Å². The Balaban J connectivity index is 0.00000158. The van der Waals surface area contributed by atoms with Crippen molar-refractivity contribution in [3.63, 3.8) is 0 Å². The maximum Gasteiger partial charge on any atom is 0.263 e. The fourth-order valence-electron chi connectivity index (χ4n) is 3.55. The van der Waals surface area contributed by atoms with Gasteiger partial charge in [0.25, 0.3) is 5.91 Å². The maximum absolute atomic E-state index is 14.1. The summed E-state index contributed by atoms with van der Waals surface area (Å²) in [5.74, 6) is -1.89. The van der Waals surface area contributed by atoms with E-state index in [4.69, 9.17) is 4.52 Å². The zero-order valence-corrected chi connectivity index (χ0v) is 20.4. The summed E-state index contributed by atoms with van der Waals surface area (Å²) < 4.78 is 33.2. The molecule has 0 radical (unpaired) electrons. The van der Waals surface area contributed by atoms with E-state index in [-0.39, 0.29) is 5.13 Å². The molecule has 0 saturated carbocycles. The van der Waals surface area contributed by atoms with Crippen LogP contribution < -0.4 is 5.32 Å². The summed E-state index contributed by atoms with van der Waals surface area (Å²) in [6.45, 7) is 10.4. The average molecular weight is 485 g/mol. The maximum atomic E-state index is 14.1. The van der Waals surface area contributed by atoms with Gasteiger partial charge in [0.2, 0.25) is 11.7 Å². The monoisotopic (exact) mass is 484 g/mol. The van der Waals surface area contributed by atoms with Crippen molar-refractivity contribution in [2.45, 2.75) is 47.0 Å². The molecule has 1 aliphatic rings. The first-order valence-corrected chi connectivity index (χ1v) is 11.8. The first-order chi connectivity index (χ1) is 16.4. The van der Waals surface area contributed by atoms with E-state index in [0.717, 1.165) is 58.7 Å². The van der Waals surface area contributed by atoms with Crippen molar-refractivity contribution in [3.8, 4) is 21.8 Å². The fraction of sp³-hybridized carbons (Fsp3) is 0.280. The van der Waals surface area contributed by atoms with E-state index in [2.05, 4.69) is 27.0 Å². The number of carbonyl (C=O) groups excluding carboxylic acids is 1. The molecular weight excluding hydrogens is 458 g/mol. The van der Waals surface area contributed by atoms with Crippen molar-refractivity contribution in [2.24, 2.45) is 0 Å². The molecule has 4 rings (SSSR count). The number of fused-ring (bicyclic) bond motifs is 3. The predicted octanol–water partition coefficient (Wildman–Crippen LogP) is 6.90. The molecule has 0 fully saturated rings. The lowest BCUT2D eigenvalue weighted by atomic mass is 10.0. The molecular formula is C25H26F2N4O2S. The van der Waals surface area contributed by atoms with Crippen LogP contribution in [0.1, 0.15) is 44.3 Å². The molecule has 6 nitrogen and oxygen atoms in total. The first-order valence-electron chi connectivity index (χ1n) is 11.0. The largest absolute Gasteiger partial charge is 0.339 e. The Kier molecular flexibility index (Phi) is 8.22. The van der Waals surface area contributed by atoms with Gasteiger partial charge in [-0.3, -0.25) is 10.1 Å². The number of amides is 1. The number of hydrogen-bond donors (Lipinski definition) is 1. The molecule has 1 amide bonds. The summed E-state index contributed by atoms with van der Waals surface area (Å²) in [5.41, 5.74) is 3.12. The number of anilines is 1. The minimum Gasteiger partial charge on any atom is -0.339 e. The number of carbonyl (C=O) groups is 1. The Morgan fingerprint density at radius 1 is 1.24 bits per heavy atom. The Morgan fingerprint density at radius 3 is 2.65 bits per heavy atom. The second-order valence-corrected chi connectivity index (χ2v) is 8.17. The second-order valence-electron chi connectivity index (χ2n) is 7.18. The molecule has 0 atom stereocenters. The van der Waals surface area contributed by atoms with Crippen LogP contribution in [-0.4, -0.2) is 21.0 Å². The Morgan fingerprint density at radius 2 is 2.00 bits per heavy atom. The van der Waals surface area contributed by atoms with E-state index in [9.17, 15) is 13.6 Å². The van der Waals surface area contributed by atoms with Crippen molar-refractivity contribution in [1.82, 2.24) is 15.1 Å². The average Bonchev–Trinajstić information content (AvgIpc) is 3.42. The van der Waals surface area contributed by atoms with Gasteiger partial charge in [-0.1, -0.05) is 55.1 Å². The normalized spacial score (nSPS) is 13.5. The van der Waals surface area contributed by atoms with Crippen LogP contribution in [0.25, 0.3) is 21.8 Å². The zero-order valence-electron chi connectivity index (χ0n) is 19.5. The minimum absolute atomic E-state index is 0.281. The van der Waals surface area contributed by atoms with Crippen LogP contribution in [0.2, 0.25) is 0 Å². The number of nitrogens with one attached hydrogen (secondary N) is 1. The number of rotatable bonds is 5. The van der Waals surface area contributed by atoms with Gasteiger partial charge in [-0.25, -0.2) is 13.8 Å². The van der Waals surface area contributed by atoms with Gasteiger partial charge < -0.3 is 4.52 Å². The molecule has 1 N–H and O–H groups in total. The predicted molar refractivity (Wildman–Crippen MR) is 131 cm³/mol. The highest BCUT2D eigenvalue weighted by molar-refractivity contribution is 7.19. The number of aromatic nitrogens is 3. The summed E-state index contributed by atoms with van der Waals surface area (Å²) in [6, 6.07) is 5.93. The summed E-state index contributed by atoms with van der Waals surface area (Å²) >= 11 is 1.28. The molecule has 0 bridgehead atoms. The van der Waals surface area contributed by atoms with Gasteiger partial charge in [-0.05, 0) is 49.5 Å². The van der Waals surface area contributed by atoms with Crippen LogP contribution >= 0.6 is 11.3 Å². The molecule has 0 spiro atoms. The minimum atomic E-state index is -1.04. The van der Waals surface area contributed by atoms with Gasteiger partial charge in [0.15, 0.2) is 5.13 Å². The highest BCUT2D eigenvalue weighted by atomic mass is 32.1. The van der Waals surface area contributed by atoms with E-state index >= 15 is 0 Å². The lowest BCUT2D eigenvalue weighted by molar-refractivity contribution is -0.112. The topological polar surface area (TPSA) is 80.9 Å². The second kappa shape index (κ2) is 11.1. The molecule has 0 aliphatic heterocycles. The quantitative estimate of drug-likeness (QED) is 0.314. The van der Waals surface area contributed by atoms with Crippen LogP contribution in [0.5, 0.6) is 0 Å². The van der Waals surface area contributed by atoms with Gasteiger partial charge >= 0.3 is 0 Å². The van der Waals surface area contributed by atoms with Crippen molar-refractivity contribution in [3.05, 3.63) is 71.3 Å². The van der Waals surface area contributed by atoms with Crippen molar-refractivity contribution < 1.29 is 18.1 Å². The molecule has 34 heavy (non-hydrogen) atoms. The van der Waals surface area contributed by atoms with E-state index in [1.807, 2.05) is 32.0 Å². The molecule has 2 heterocycles. The van der Waals surface area contributed by atoms with Crippen LogP contribution in [0, 0.1) is 6.92 Å². The fourth-order valence-corrected chi connectivity index (χ4v) is 4.61. The molecule has 1 aromatic carbocycles. The smallest absolute Gasteiger partial charge is 0.263 e. The third-order valence-corrected chi connectivity index (χ3v) is 6.10. The number of hydrogen-bond acceptors (Lipinski definition) is 6. The first kappa shape index (κ1) is 25.2. The molecule has 3 aromatic rings. The Bertz CT molecular complexity index is 1270. The van der Waals surface area contributed by atoms with E-state index in [0.29, 0.717) is 11.7 Å². The summed E-state index contributed by atoms with van der Waals surface area (Å²) in [7, 11) is 0. The van der Waals surface area contributed by atoms with Gasteiger partial charge in [0, 0.05) is 12.5 Å². The van der Waals surface area contributed by atoms with Gasteiger partial charge in [-0.2, -0.15) is 4.98 Å². The zero-order chi connectivity index (χ0) is 24.8. The Hall–Kier alpha value is -3.46. The number of allylic oxidation sites excluding steroid dienone is 3. The standard InChI is InChI=1S/C23H20F2N4O2S.C2H6/c1-4-16(24)19(17(25)5-2)22(30)28-23-27-18-8-6-7-13-11-14(21-26-12(3)31-29-21)9-10-15(13)20(18)32-23;1-2/h4-5,9-11H,1,6-8H2,2-3H3,(H,27,28,30);1-2H3/b17-5+,19-16-;. The van der Waals surface area contributed by atoms with Gasteiger partial charge in [-0.15, -0.1) is 0 Å². The Labute approximate surface area is 201 Å². The lowest BCUT2D eigenvalue weighted by Crippen LogP contribution is -2.16. The van der Waals surface area contributed by atoms with Crippen molar-refractivity contribution in [1.29, 1.82) is 0 Å². The van der Waals surface area contributed by atoms with Gasteiger partial charge in [0.1, 0.15) is 17.2 Å². The number of aryl methyl sites for hydroxylation is 3. The summed E-state index contributed by atoms with van der Waals surface area (Å²) in [4.78, 5) is 22.3. The number of benzene rings is 1. The van der Waals surface area contributed by atoms with Crippen LogP contribution in [0.15, 0.2) is 58.7 Å². The van der Waals surface area contributed by atoms with Crippen molar-refractivity contribution >= 4 is 22.4 Å². The lowest BCUT2D eigenvalue weighted by Gasteiger charge is -2.07. The number of thiazole rings is 1. The molecule has 0 unspecified atom stereocenters. The highest BCUT2D eigenvalue weighted by Gasteiger charge is 2.24. The molecule has 1 aliphatic carbocycles. The highest BCUT2D eigenvalue weighted by Crippen LogP contribution is 2.40. The van der Waals surface area contributed by atoms with E-state index < -0.39 is 23.1 Å². The van der Waals surface area contributed by atoms with Gasteiger partial charge in [0.05, 0.1) is 10.6 Å². The third-order valence-electron chi connectivity index (χ3n) is 5.05. The van der Waals surface area contributed by atoms with E-state index in [1.165, 1.54) is 18.3 Å². The molecule has 2 aromatic heterocycles. The van der Waals surface area contributed by atoms with Crippen LogP contribution in [0.3, 0.4) is 0 Å². The molecule has 0 saturated heterocycles. The number of halogens is 2. The summed E-state index contributed by atoms with van der Waals surface area (Å²) in [6.07, 6.45) is 4.27. The third kappa shape index (κ3) is 5.20. The van der Waals surface area contributed by atoms with Crippen LogP contribution in [-0.2, 0) is 17.6 Å². The molecule has 178 valence electrons. The SMILES string of the molecule is C=C/C(F)=C(C(=O)Nc1nc2c(s1)-c1ccc(-c3noc(C)n3)cc1CCC2)\C(F)=C/C.CC. The number of nitrogens with zero attached hydrogens (tertiary/aromatic N) is 3.